The van der Waals surface area contributed by atoms with E-state index in [0.29, 0.717) is 52.1 Å². The van der Waals surface area contributed by atoms with Gasteiger partial charge in [-0.1, -0.05) is 18.2 Å². The Morgan fingerprint density at radius 3 is 2.34 bits per heavy atom. The lowest BCUT2D eigenvalue weighted by atomic mass is 10.2. The number of aromatic amines is 1. The summed E-state index contributed by atoms with van der Waals surface area (Å²) in [6, 6.07) is 16.8. The van der Waals surface area contributed by atoms with Crippen LogP contribution in [0.4, 0.5) is 0 Å². The molecule has 0 aliphatic carbocycles. The first-order valence-corrected chi connectivity index (χ1v) is 12.3. The van der Waals surface area contributed by atoms with E-state index in [2.05, 4.69) is 9.97 Å². The maximum absolute atomic E-state index is 13.0. The van der Waals surface area contributed by atoms with E-state index in [1.165, 1.54) is 0 Å². The number of aromatic hydroxyl groups is 1. The lowest BCUT2D eigenvalue weighted by Gasteiger charge is -2.14. The molecule has 0 radical (unpaired) electrons. The van der Waals surface area contributed by atoms with E-state index in [0.717, 1.165) is 10.5 Å². The number of benzene rings is 2. The molecule has 1 atom stereocenters. The highest BCUT2D eigenvalue weighted by Gasteiger charge is 2.33. The number of aromatic nitrogens is 2. The maximum atomic E-state index is 13.0. The number of hydrogen-bond donors (Lipinski definition) is 2. The van der Waals surface area contributed by atoms with Crippen molar-refractivity contribution in [1.29, 1.82) is 0 Å². The van der Waals surface area contributed by atoms with Gasteiger partial charge in [0, 0.05) is 6.20 Å². The molecule has 2 aromatic carbocycles. The van der Waals surface area contributed by atoms with Gasteiger partial charge in [-0.15, -0.1) is 0 Å². The van der Waals surface area contributed by atoms with E-state index in [4.69, 9.17) is 18.9 Å². The van der Waals surface area contributed by atoms with E-state index < -0.39 is 10.9 Å². The quantitative estimate of drug-likeness (QED) is 0.254. The smallest absolute Gasteiger partial charge is 0.309 e. The molecule has 9 heteroatoms. The van der Waals surface area contributed by atoms with Crippen molar-refractivity contribution < 1.29 is 24.1 Å². The van der Waals surface area contributed by atoms with Crippen molar-refractivity contribution in [3.05, 3.63) is 76.7 Å². The molecule has 4 rings (SSSR count). The summed E-state index contributed by atoms with van der Waals surface area (Å²) >= 11 is 0. The fraction of sp³-hybridized carbons (Fsp3) is 0.231. The lowest BCUT2D eigenvalue weighted by Crippen LogP contribution is -2.23. The summed E-state index contributed by atoms with van der Waals surface area (Å²) in [6.45, 7) is 0.672. The number of methoxy groups -OCH3 is 3. The first-order chi connectivity index (χ1) is 17.1. The Balaban J connectivity index is 1.57. The molecule has 0 aliphatic heterocycles. The van der Waals surface area contributed by atoms with Crippen LogP contribution in [-0.4, -0.2) is 48.8 Å². The molecular weight excluding hydrogens is 468 g/mol. The molecule has 8 nitrogen and oxygen atoms in total. The number of ether oxygens (including phenoxy) is 4. The van der Waals surface area contributed by atoms with Gasteiger partial charge in [0.1, 0.15) is 11.4 Å². The van der Waals surface area contributed by atoms with Crippen LogP contribution < -0.4 is 19.8 Å². The van der Waals surface area contributed by atoms with Crippen LogP contribution in [0.3, 0.4) is 0 Å². The zero-order valence-corrected chi connectivity index (χ0v) is 20.6. The molecule has 2 aromatic heterocycles. The minimum Gasteiger partial charge on any atom is -0.503 e. The average Bonchev–Trinajstić information content (AvgIpc) is 2.89. The van der Waals surface area contributed by atoms with Gasteiger partial charge in [0.05, 0.1) is 50.8 Å². The molecule has 35 heavy (non-hydrogen) atoms. The number of pyridine rings is 2. The minimum absolute atomic E-state index is 0.0475. The minimum atomic E-state index is -0.721. The molecule has 1 unspecified atom stereocenters. The van der Waals surface area contributed by atoms with Crippen molar-refractivity contribution in [3.8, 4) is 23.0 Å². The van der Waals surface area contributed by atoms with Crippen molar-refractivity contribution in [2.24, 2.45) is 0 Å². The second-order valence-corrected chi connectivity index (χ2v) is 9.59. The fourth-order valence-corrected chi connectivity index (χ4v) is 5.86. The van der Waals surface area contributed by atoms with E-state index in [1.54, 1.807) is 39.7 Å². The summed E-state index contributed by atoms with van der Waals surface area (Å²) in [7, 11) is 3.97. The van der Waals surface area contributed by atoms with Gasteiger partial charge in [-0.3, -0.25) is 4.79 Å². The Bertz CT molecular complexity index is 1330. The molecule has 0 aliphatic rings. The van der Waals surface area contributed by atoms with Gasteiger partial charge in [0.2, 0.25) is 5.75 Å². The first kappa shape index (κ1) is 24.4. The number of fused-ring (bicyclic) bond motifs is 1. The first-order valence-electron chi connectivity index (χ1n) is 10.9. The molecule has 0 saturated carbocycles. The summed E-state index contributed by atoms with van der Waals surface area (Å²) in [4.78, 5) is 21.2. The third-order valence-electron chi connectivity index (χ3n) is 5.42. The largest absolute Gasteiger partial charge is 0.503 e. The predicted octanol–water partition coefficient (Wildman–Crippen LogP) is 3.91. The summed E-state index contributed by atoms with van der Waals surface area (Å²) in [5, 5.41) is 11.5. The predicted molar refractivity (Wildman–Crippen MR) is 135 cm³/mol. The Kier molecular flexibility index (Phi) is 7.79. The van der Waals surface area contributed by atoms with Gasteiger partial charge >= 0.3 is 5.56 Å². The highest BCUT2D eigenvalue weighted by Crippen LogP contribution is 2.38. The summed E-state index contributed by atoms with van der Waals surface area (Å²) in [5.41, 5.74) is 0.857. The zero-order valence-electron chi connectivity index (χ0n) is 19.7. The van der Waals surface area contributed by atoms with Crippen LogP contribution in [0.15, 0.2) is 75.4 Å². The molecule has 2 heterocycles. The highest BCUT2D eigenvalue weighted by molar-refractivity contribution is 7.97. The lowest BCUT2D eigenvalue weighted by molar-refractivity contribution is 0.135. The SMILES string of the molecule is COc1cc(COCC[S+](c2ccccc2)c2c(O)c3cccnc3[nH]c2=O)cc(OC)c1OC. The number of hydrogen-bond acceptors (Lipinski definition) is 7. The van der Waals surface area contributed by atoms with Crippen molar-refractivity contribution in [1.82, 2.24) is 9.97 Å². The molecule has 0 amide bonds. The van der Waals surface area contributed by atoms with Gasteiger partial charge in [-0.25, -0.2) is 4.98 Å². The third kappa shape index (κ3) is 5.21. The van der Waals surface area contributed by atoms with Gasteiger partial charge in [0.25, 0.3) is 4.90 Å². The van der Waals surface area contributed by atoms with Crippen LogP contribution >= 0.6 is 0 Å². The molecule has 0 fully saturated rings. The second-order valence-electron chi connectivity index (χ2n) is 7.53. The van der Waals surface area contributed by atoms with E-state index in [-0.39, 0.29) is 11.3 Å². The summed E-state index contributed by atoms with van der Waals surface area (Å²) in [5.74, 6) is 2.08. The summed E-state index contributed by atoms with van der Waals surface area (Å²) < 4.78 is 22.2. The number of nitrogens with one attached hydrogen (secondary N) is 1. The molecule has 0 spiro atoms. The number of H-pyrrole nitrogens is 1. The number of nitrogens with zero attached hydrogens (tertiary/aromatic N) is 1. The Hall–Kier alpha value is -3.69. The fourth-order valence-electron chi connectivity index (χ4n) is 3.79. The van der Waals surface area contributed by atoms with Crippen molar-refractivity contribution in [2.75, 3.05) is 33.7 Å². The maximum Gasteiger partial charge on any atom is 0.309 e. The van der Waals surface area contributed by atoms with Crippen LogP contribution in [0.25, 0.3) is 11.0 Å². The normalized spacial score (nSPS) is 11.9. The standard InChI is InChI=1S/C26H26N2O6S/c1-31-20-14-17(15-21(32-2)23(20)33-3)16-34-12-13-35(18-8-5-4-6-9-18)24-22(29)19-10-7-11-27-25(19)28-26(24)30/h4-11,14-15H,12-13,16H2,1-3H3,(H-,27,28,29,30)/p+1. The van der Waals surface area contributed by atoms with Crippen LogP contribution in [0.5, 0.6) is 23.0 Å². The summed E-state index contributed by atoms with van der Waals surface area (Å²) in [6.07, 6.45) is 1.57. The van der Waals surface area contributed by atoms with Crippen molar-refractivity contribution >= 4 is 21.9 Å². The molecular formula is C26H27N2O6S+. The van der Waals surface area contributed by atoms with E-state index in [1.807, 2.05) is 42.5 Å². The molecule has 0 bridgehead atoms. The third-order valence-corrected chi connectivity index (χ3v) is 7.70. The Morgan fingerprint density at radius 1 is 0.971 bits per heavy atom. The van der Waals surface area contributed by atoms with Gasteiger partial charge in [-0.05, 0) is 42.0 Å². The van der Waals surface area contributed by atoms with Crippen molar-refractivity contribution in [2.45, 2.75) is 16.4 Å². The van der Waals surface area contributed by atoms with Gasteiger partial charge < -0.3 is 29.0 Å². The molecule has 2 N–H and O–H groups in total. The number of rotatable bonds is 10. The van der Waals surface area contributed by atoms with E-state index in [9.17, 15) is 9.90 Å². The monoisotopic (exact) mass is 495 g/mol. The second kappa shape index (κ2) is 11.2. The molecule has 182 valence electrons. The van der Waals surface area contributed by atoms with Crippen LogP contribution in [0.2, 0.25) is 0 Å². The highest BCUT2D eigenvalue weighted by atomic mass is 32.2. The van der Waals surface area contributed by atoms with Crippen molar-refractivity contribution in [3.63, 3.8) is 0 Å². The van der Waals surface area contributed by atoms with Crippen LogP contribution in [0.1, 0.15) is 5.56 Å². The Morgan fingerprint density at radius 2 is 1.69 bits per heavy atom. The molecule has 0 saturated heterocycles. The average molecular weight is 496 g/mol. The van der Waals surface area contributed by atoms with Crippen LogP contribution in [-0.2, 0) is 22.2 Å². The molecule has 4 aromatic rings. The topological polar surface area (TPSA) is 103 Å². The Labute approximate surface area is 205 Å². The van der Waals surface area contributed by atoms with E-state index >= 15 is 0 Å². The van der Waals surface area contributed by atoms with Gasteiger partial charge in [-0.2, -0.15) is 0 Å². The zero-order chi connectivity index (χ0) is 24.8. The van der Waals surface area contributed by atoms with Gasteiger partial charge in [0.15, 0.2) is 22.1 Å². The van der Waals surface area contributed by atoms with Crippen LogP contribution in [0, 0.1) is 0 Å².